The van der Waals surface area contributed by atoms with Gasteiger partial charge < -0.3 is 9.80 Å². The molecule has 3 aromatic rings. The number of aromatic nitrogens is 2. The van der Waals surface area contributed by atoms with Crippen LogP contribution in [-0.4, -0.2) is 58.0 Å². The number of carbonyl (C=O) groups is 2. The summed E-state index contributed by atoms with van der Waals surface area (Å²) < 4.78 is 0. The molecular formula is C23H24N4O2. The van der Waals surface area contributed by atoms with Gasteiger partial charge in [0.25, 0.3) is 5.91 Å². The number of aromatic amines is 1. The molecule has 6 heteroatoms. The van der Waals surface area contributed by atoms with Gasteiger partial charge in [0, 0.05) is 30.6 Å². The van der Waals surface area contributed by atoms with Crippen LogP contribution < -0.4 is 0 Å². The molecule has 1 saturated heterocycles. The summed E-state index contributed by atoms with van der Waals surface area (Å²) in [7, 11) is 0. The molecule has 4 rings (SSSR count). The first-order chi connectivity index (χ1) is 14.2. The van der Waals surface area contributed by atoms with Crippen molar-refractivity contribution in [3.8, 4) is 0 Å². The molecule has 1 aromatic heterocycles. The number of nitrogens with zero attached hydrogens (tertiary/aromatic N) is 3. The Kier molecular flexibility index (Phi) is 5.42. The summed E-state index contributed by atoms with van der Waals surface area (Å²) in [5.41, 5.74) is 3.47. The first-order valence-electron chi connectivity index (χ1n) is 9.94. The second-order valence-electron chi connectivity index (χ2n) is 7.22. The first kappa shape index (κ1) is 18.9. The Hall–Kier alpha value is -3.41. The lowest BCUT2D eigenvalue weighted by Crippen LogP contribution is -2.52. The summed E-state index contributed by atoms with van der Waals surface area (Å²) in [6, 6.07) is 15.4. The van der Waals surface area contributed by atoms with Crippen LogP contribution in [0.2, 0.25) is 0 Å². The summed E-state index contributed by atoms with van der Waals surface area (Å²) in [6.45, 7) is 4.16. The van der Waals surface area contributed by atoms with Crippen molar-refractivity contribution >= 4 is 34.9 Å². The van der Waals surface area contributed by atoms with Gasteiger partial charge in [0.2, 0.25) is 5.91 Å². The van der Waals surface area contributed by atoms with Gasteiger partial charge in [-0.2, -0.15) is 5.10 Å². The van der Waals surface area contributed by atoms with E-state index < -0.39 is 0 Å². The molecule has 0 saturated carbocycles. The average molecular weight is 388 g/mol. The van der Waals surface area contributed by atoms with E-state index in [4.69, 9.17) is 0 Å². The minimum Gasteiger partial charge on any atom is -0.339 e. The minimum absolute atomic E-state index is 0.0252. The van der Waals surface area contributed by atoms with E-state index in [1.807, 2.05) is 65.6 Å². The Balaban J connectivity index is 1.42. The third kappa shape index (κ3) is 4.06. The zero-order valence-electron chi connectivity index (χ0n) is 16.5. The van der Waals surface area contributed by atoms with Crippen molar-refractivity contribution in [2.75, 3.05) is 26.2 Å². The Labute approximate surface area is 169 Å². The van der Waals surface area contributed by atoms with Crippen molar-refractivity contribution in [2.45, 2.75) is 13.3 Å². The number of fused-ring (bicyclic) bond motifs is 1. The lowest BCUT2D eigenvalue weighted by Gasteiger charge is -2.34. The van der Waals surface area contributed by atoms with Gasteiger partial charge in [0.05, 0.1) is 11.2 Å². The predicted molar refractivity (Wildman–Crippen MR) is 114 cm³/mol. The van der Waals surface area contributed by atoms with Crippen LogP contribution in [0.4, 0.5) is 0 Å². The fourth-order valence-corrected chi connectivity index (χ4v) is 3.59. The average Bonchev–Trinajstić information content (AvgIpc) is 3.17. The van der Waals surface area contributed by atoms with Gasteiger partial charge in [-0.25, -0.2) is 0 Å². The van der Waals surface area contributed by atoms with Crippen LogP contribution in [0.3, 0.4) is 0 Å². The maximum Gasteiger partial charge on any atom is 0.254 e. The molecule has 0 atom stereocenters. The third-order valence-electron chi connectivity index (χ3n) is 5.19. The summed E-state index contributed by atoms with van der Waals surface area (Å²) >= 11 is 0. The molecule has 1 fully saturated rings. The number of nitrogens with one attached hydrogen (secondary N) is 1. The number of benzene rings is 2. The SMILES string of the molecule is CCCN1CCN(C(=O)c2ccc(/C=C/c3n[nH]c4ccccc34)cc2)CC1=O. The smallest absolute Gasteiger partial charge is 0.254 e. The molecule has 29 heavy (non-hydrogen) atoms. The summed E-state index contributed by atoms with van der Waals surface area (Å²) in [6.07, 6.45) is 4.87. The number of rotatable bonds is 5. The van der Waals surface area contributed by atoms with E-state index >= 15 is 0 Å². The highest BCUT2D eigenvalue weighted by molar-refractivity contribution is 5.97. The van der Waals surface area contributed by atoms with Gasteiger partial charge in [0.15, 0.2) is 0 Å². The van der Waals surface area contributed by atoms with Crippen molar-refractivity contribution in [2.24, 2.45) is 0 Å². The maximum absolute atomic E-state index is 12.7. The molecule has 6 nitrogen and oxygen atoms in total. The number of para-hydroxylation sites is 1. The molecule has 2 amide bonds. The molecule has 1 aliphatic rings. The van der Waals surface area contributed by atoms with Crippen LogP contribution in [0.5, 0.6) is 0 Å². The molecular weight excluding hydrogens is 364 g/mol. The lowest BCUT2D eigenvalue weighted by molar-refractivity contribution is -0.135. The number of piperazine rings is 1. The molecule has 0 spiro atoms. The van der Waals surface area contributed by atoms with E-state index in [0.29, 0.717) is 18.7 Å². The number of amides is 2. The van der Waals surface area contributed by atoms with Crippen molar-refractivity contribution < 1.29 is 9.59 Å². The fraction of sp³-hybridized carbons (Fsp3) is 0.261. The van der Waals surface area contributed by atoms with Gasteiger partial charge in [-0.3, -0.25) is 14.7 Å². The molecule has 0 unspecified atom stereocenters. The normalized spacial score (nSPS) is 14.9. The maximum atomic E-state index is 12.7. The first-order valence-corrected chi connectivity index (χ1v) is 9.94. The highest BCUT2D eigenvalue weighted by Crippen LogP contribution is 2.18. The van der Waals surface area contributed by atoms with Crippen molar-refractivity contribution in [3.63, 3.8) is 0 Å². The van der Waals surface area contributed by atoms with Crippen LogP contribution in [0, 0.1) is 0 Å². The Morgan fingerprint density at radius 3 is 2.66 bits per heavy atom. The number of carbonyl (C=O) groups excluding carboxylic acids is 2. The van der Waals surface area contributed by atoms with Crippen molar-refractivity contribution in [1.29, 1.82) is 0 Å². The molecule has 0 aliphatic carbocycles. The molecule has 0 bridgehead atoms. The molecule has 0 radical (unpaired) electrons. The van der Waals surface area contributed by atoms with Gasteiger partial charge >= 0.3 is 0 Å². The zero-order valence-corrected chi connectivity index (χ0v) is 16.5. The molecule has 2 heterocycles. The van der Waals surface area contributed by atoms with Crippen molar-refractivity contribution in [1.82, 2.24) is 20.0 Å². The van der Waals surface area contributed by atoms with E-state index in [9.17, 15) is 9.59 Å². The quantitative estimate of drug-likeness (QED) is 0.728. The second-order valence-corrected chi connectivity index (χ2v) is 7.22. The standard InChI is InChI=1S/C23H24N4O2/c1-2-13-26-14-15-27(16-22(26)28)23(29)18-10-7-17(8-11-18)9-12-21-19-5-3-4-6-20(19)24-25-21/h3-12H,2,13-16H2,1H3,(H,24,25)/b12-9+. The van der Waals surface area contributed by atoms with E-state index in [1.54, 1.807) is 4.90 Å². The molecule has 148 valence electrons. The highest BCUT2D eigenvalue weighted by atomic mass is 16.2. The number of hydrogen-bond donors (Lipinski definition) is 1. The van der Waals surface area contributed by atoms with Gasteiger partial charge in [-0.1, -0.05) is 43.3 Å². The Morgan fingerprint density at radius 2 is 1.90 bits per heavy atom. The van der Waals surface area contributed by atoms with Crippen LogP contribution in [0.25, 0.3) is 23.1 Å². The number of hydrogen-bond acceptors (Lipinski definition) is 3. The largest absolute Gasteiger partial charge is 0.339 e. The van der Waals surface area contributed by atoms with Gasteiger partial charge in [-0.05, 0) is 36.3 Å². The van der Waals surface area contributed by atoms with Crippen LogP contribution in [0.15, 0.2) is 48.5 Å². The fourth-order valence-electron chi connectivity index (χ4n) is 3.59. The second kappa shape index (κ2) is 8.31. The van der Waals surface area contributed by atoms with E-state index in [0.717, 1.165) is 35.1 Å². The van der Waals surface area contributed by atoms with E-state index in [1.165, 1.54) is 0 Å². The summed E-state index contributed by atoms with van der Waals surface area (Å²) in [5.74, 6) is -0.0689. The van der Waals surface area contributed by atoms with Crippen molar-refractivity contribution in [3.05, 3.63) is 65.4 Å². The molecule has 1 aliphatic heterocycles. The Morgan fingerprint density at radius 1 is 1.10 bits per heavy atom. The topological polar surface area (TPSA) is 69.3 Å². The van der Waals surface area contributed by atoms with Gasteiger partial charge in [0.1, 0.15) is 6.54 Å². The molecule has 1 N–H and O–H groups in total. The number of H-pyrrole nitrogens is 1. The monoisotopic (exact) mass is 388 g/mol. The lowest BCUT2D eigenvalue weighted by atomic mass is 10.1. The summed E-state index contributed by atoms with van der Waals surface area (Å²) in [4.78, 5) is 28.4. The van der Waals surface area contributed by atoms with E-state index in [2.05, 4.69) is 17.1 Å². The Bertz CT molecular complexity index is 1050. The minimum atomic E-state index is -0.0941. The van der Waals surface area contributed by atoms with E-state index in [-0.39, 0.29) is 18.4 Å². The summed E-state index contributed by atoms with van der Waals surface area (Å²) in [5, 5.41) is 8.42. The van der Waals surface area contributed by atoms with Gasteiger partial charge in [-0.15, -0.1) is 0 Å². The highest BCUT2D eigenvalue weighted by Gasteiger charge is 2.27. The third-order valence-corrected chi connectivity index (χ3v) is 5.19. The van der Waals surface area contributed by atoms with Crippen LogP contribution >= 0.6 is 0 Å². The predicted octanol–water partition coefficient (Wildman–Crippen LogP) is 3.43. The molecule has 2 aromatic carbocycles. The van der Waals surface area contributed by atoms with Crippen LogP contribution in [-0.2, 0) is 4.79 Å². The zero-order chi connectivity index (χ0) is 20.2. The van der Waals surface area contributed by atoms with Crippen LogP contribution in [0.1, 0.15) is 35.0 Å².